The lowest BCUT2D eigenvalue weighted by molar-refractivity contribution is -0.148. The van der Waals surface area contributed by atoms with Crippen molar-refractivity contribution >= 4 is 11.9 Å². The van der Waals surface area contributed by atoms with E-state index in [0.717, 1.165) is 103 Å². The summed E-state index contributed by atoms with van der Waals surface area (Å²) >= 11 is 0. The molecule has 0 fully saturated rings. The highest BCUT2D eigenvalue weighted by molar-refractivity contribution is 5.78. The van der Waals surface area contributed by atoms with Gasteiger partial charge in [-0.25, -0.2) is 0 Å². The number of hydrogen-bond donors (Lipinski definition) is 3. The Hall–Kier alpha value is -3.74. The van der Waals surface area contributed by atoms with Crippen molar-refractivity contribution < 1.29 is 24.5 Å². The minimum absolute atomic E-state index is 0.0675. The first-order chi connectivity index (χ1) is 33.0. The summed E-state index contributed by atoms with van der Waals surface area (Å²) in [7, 11) is 0. The zero-order valence-electron chi connectivity index (χ0n) is 43.2. The molecule has 3 unspecified atom stereocenters. The van der Waals surface area contributed by atoms with Crippen molar-refractivity contribution in [2.45, 2.75) is 244 Å². The molecule has 6 heteroatoms. The number of unbranched alkanes of at least 4 members (excludes halogenated alkanes) is 17. The Kier molecular flexibility index (Phi) is 50.2. The second-order valence-electron chi connectivity index (χ2n) is 17.9. The molecule has 0 aromatic carbocycles. The zero-order valence-corrected chi connectivity index (χ0v) is 43.2. The van der Waals surface area contributed by atoms with Crippen molar-refractivity contribution in [1.29, 1.82) is 0 Å². The van der Waals surface area contributed by atoms with E-state index in [1.54, 1.807) is 6.08 Å². The first-order valence-electron chi connectivity index (χ1n) is 27.3. The van der Waals surface area contributed by atoms with E-state index in [0.29, 0.717) is 19.3 Å². The van der Waals surface area contributed by atoms with Gasteiger partial charge in [-0.3, -0.25) is 9.59 Å². The topological polar surface area (TPSA) is 95.9 Å². The summed E-state index contributed by atoms with van der Waals surface area (Å²) in [5.41, 5.74) is 0. The minimum Gasteiger partial charge on any atom is -0.458 e. The summed E-state index contributed by atoms with van der Waals surface area (Å²) in [4.78, 5) is 26.2. The Morgan fingerprint density at radius 1 is 0.463 bits per heavy atom. The van der Waals surface area contributed by atoms with E-state index >= 15 is 0 Å². The monoisotopic (exact) mass is 928 g/mol. The molecule has 0 aromatic rings. The Morgan fingerprint density at radius 3 is 1.25 bits per heavy atom. The van der Waals surface area contributed by atoms with Crippen molar-refractivity contribution in [2.24, 2.45) is 0 Å². The number of hydrogen-bond acceptors (Lipinski definition) is 5. The average molecular weight is 928 g/mol. The van der Waals surface area contributed by atoms with Crippen molar-refractivity contribution in [1.82, 2.24) is 5.32 Å². The van der Waals surface area contributed by atoms with Gasteiger partial charge in [0.05, 0.1) is 25.2 Å². The van der Waals surface area contributed by atoms with Gasteiger partial charge in [0.25, 0.3) is 0 Å². The van der Waals surface area contributed by atoms with E-state index in [1.807, 2.05) is 6.08 Å². The molecule has 0 aromatic heterocycles. The molecule has 1 amide bonds. The van der Waals surface area contributed by atoms with Crippen LogP contribution in [0.1, 0.15) is 226 Å². The van der Waals surface area contributed by atoms with Gasteiger partial charge in [-0.15, -0.1) is 0 Å². The molecule has 380 valence electrons. The van der Waals surface area contributed by atoms with Gasteiger partial charge in [0, 0.05) is 6.42 Å². The second-order valence-corrected chi connectivity index (χ2v) is 17.9. The first kappa shape index (κ1) is 63.3. The number of aliphatic hydroxyl groups is 2. The summed E-state index contributed by atoms with van der Waals surface area (Å²) < 4.78 is 5.82. The third-order valence-electron chi connectivity index (χ3n) is 11.5. The Labute approximate surface area is 412 Å². The van der Waals surface area contributed by atoms with Crippen molar-refractivity contribution in [3.8, 4) is 0 Å². The SMILES string of the molecule is CC/C=C\C/C=C\C/C=C\C/C=C\C/C=C\C/C=C\C(CC(=O)NC(CO)C(O)CCCCCCCCCCCCCCCCC)OC(=O)CCCCC/C=C/C/C=C/C/C=C/C/C=C/CC. The molecule has 0 saturated carbocycles. The van der Waals surface area contributed by atoms with Crippen LogP contribution in [0.15, 0.2) is 122 Å². The molecule has 0 heterocycles. The quantitative estimate of drug-likeness (QED) is 0.0321. The number of ether oxygens (including phenoxy) is 1. The Morgan fingerprint density at radius 2 is 0.836 bits per heavy atom. The number of rotatable bonds is 47. The standard InChI is InChI=1S/C61H101NO5/c1-4-7-10-13-16-19-22-25-28-30-32-34-37-40-43-46-49-52-57(67-61(66)54-51-48-45-42-39-36-33-29-26-23-20-17-14-11-8-5-2)55-60(65)62-58(56-63)59(64)53-50-47-44-41-38-35-31-27-24-21-18-15-12-9-6-3/h7-8,10-11,16-17,19-20,25-26,28-29,32,34,36,39-40,43,49,52,57-59,63-64H,4-6,9,12-15,18,21-24,27,30-31,33,35,37-38,41-42,44-48,50-51,53-56H2,1-3H3,(H,62,65)/b10-7-,11-8+,19-16-,20-17+,28-25-,29-26+,34-32-,39-36+,43-40-,52-49-. The lowest BCUT2D eigenvalue weighted by atomic mass is 10.0. The fourth-order valence-electron chi connectivity index (χ4n) is 7.48. The third kappa shape index (κ3) is 48.5. The molecule has 0 aliphatic heterocycles. The van der Waals surface area contributed by atoms with Crippen LogP contribution in [-0.2, 0) is 14.3 Å². The van der Waals surface area contributed by atoms with Crippen LogP contribution in [-0.4, -0.2) is 46.9 Å². The van der Waals surface area contributed by atoms with Crippen LogP contribution < -0.4 is 5.32 Å². The molecule has 0 rings (SSSR count). The molecule has 3 atom stereocenters. The van der Waals surface area contributed by atoms with Gasteiger partial charge in [0.15, 0.2) is 0 Å². The van der Waals surface area contributed by atoms with Gasteiger partial charge in [0.1, 0.15) is 6.10 Å². The van der Waals surface area contributed by atoms with Crippen LogP contribution in [0.4, 0.5) is 0 Å². The lowest BCUT2D eigenvalue weighted by Gasteiger charge is -2.23. The zero-order chi connectivity index (χ0) is 48.8. The van der Waals surface area contributed by atoms with Gasteiger partial charge in [0.2, 0.25) is 5.91 Å². The van der Waals surface area contributed by atoms with Gasteiger partial charge >= 0.3 is 5.97 Å². The highest BCUT2D eigenvalue weighted by Gasteiger charge is 2.23. The van der Waals surface area contributed by atoms with E-state index < -0.39 is 18.2 Å². The molecule has 0 bridgehead atoms. The maximum absolute atomic E-state index is 13.2. The highest BCUT2D eigenvalue weighted by atomic mass is 16.5. The molecular formula is C61H101NO5. The number of amides is 1. The summed E-state index contributed by atoms with van der Waals surface area (Å²) in [6.07, 6.45) is 74.3. The van der Waals surface area contributed by atoms with Crippen molar-refractivity contribution in [3.63, 3.8) is 0 Å². The Balaban J connectivity index is 4.82. The number of nitrogens with one attached hydrogen (secondary N) is 1. The Bertz CT molecular complexity index is 1410. The minimum atomic E-state index is -0.834. The van der Waals surface area contributed by atoms with E-state index in [4.69, 9.17) is 4.74 Å². The fourth-order valence-corrected chi connectivity index (χ4v) is 7.48. The van der Waals surface area contributed by atoms with Crippen LogP contribution in [0.3, 0.4) is 0 Å². The highest BCUT2D eigenvalue weighted by Crippen LogP contribution is 2.16. The second kappa shape index (κ2) is 53.2. The molecule has 67 heavy (non-hydrogen) atoms. The number of carbonyl (C=O) groups is 2. The van der Waals surface area contributed by atoms with Gasteiger partial charge in [-0.2, -0.15) is 0 Å². The summed E-state index contributed by atoms with van der Waals surface area (Å²) in [5.74, 6) is -0.676. The van der Waals surface area contributed by atoms with Crippen LogP contribution in [0.2, 0.25) is 0 Å². The van der Waals surface area contributed by atoms with E-state index in [1.165, 1.54) is 77.0 Å². The van der Waals surface area contributed by atoms with Crippen LogP contribution >= 0.6 is 0 Å². The third-order valence-corrected chi connectivity index (χ3v) is 11.5. The summed E-state index contributed by atoms with van der Waals surface area (Å²) in [6, 6.07) is -0.758. The number of esters is 1. The van der Waals surface area contributed by atoms with E-state index in [-0.39, 0.29) is 24.9 Å². The summed E-state index contributed by atoms with van der Waals surface area (Å²) in [5, 5.41) is 23.8. The van der Waals surface area contributed by atoms with Crippen LogP contribution in [0.5, 0.6) is 0 Å². The molecule has 3 N–H and O–H groups in total. The van der Waals surface area contributed by atoms with Crippen molar-refractivity contribution in [3.05, 3.63) is 122 Å². The predicted octanol–water partition coefficient (Wildman–Crippen LogP) is 16.8. The molecule has 6 nitrogen and oxygen atoms in total. The van der Waals surface area contributed by atoms with Gasteiger partial charge in [-0.1, -0.05) is 239 Å². The maximum atomic E-state index is 13.2. The van der Waals surface area contributed by atoms with Gasteiger partial charge < -0.3 is 20.3 Å². The van der Waals surface area contributed by atoms with E-state index in [2.05, 4.69) is 135 Å². The molecular weight excluding hydrogens is 827 g/mol. The molecule has 0 radical (unpaired) electrons. The van der Waals surface area contributed by atoms with E-state index in [9.17, 15) is 19.8 Å². The van der Waals surface area contributed by atoms with Crippen LogP contribution in [0.25, 0.3) is 0 Å². The normalized spacial score (nSPS) is 14.2. The molecule has 0 aliphatic carbocycles. The molecule has 0 saturated heterocycles. The van der Waals surface area contributed by atoms with Crippen molar-refractivity contribution in [2.75, 3.05) is 6.61 Å². The molecule has 0 spiro atoms. The summed E-state index contributed by atoms with van der Waals surface area (Å²) in [6.45, 7) is 6.21. The predicted molar refractivity (Wildman–Crippen MR) is 291 cm³/mol. The molecule has 0 aliphatic rings. The first-order valence-corrected chi connectivity index (χ1v) is 27.3. The maximum Gasteiger partial charge on any atom is 0.306 e. The smallest absolute Gasteiger partial charge is 0.306 e. The number of aliphatic hydroxyl groups excluding tert-OH is 2. The fraction of sp³-hybridized carbons (Fsp3) is 0.639. The van der Waals surface area contributed by atoms with Crippen LogP contribution in [0, 0.1) is 0 Å². The largest absolute Gasteiger partial charge is 0.458 e. The lowest BCUT2D eigenvalue weighted by Crippen LogP contribution is -2.46. The number of allylic oxidation sites excluding steroid dienone is 19. The average Bonchev–Trinajstić information content (AvgIpc) is 3.32. The van der Waals surface area contributed by atoms with Gasteiger partial charge in [-0.05, 0) is 96.0 Å². The number of carbonyl (C=O) groups excluding carboxylic acids is 2.